The molecule has 0 spiro atoms. The van der Waals surface area contributed by atoms with Crippen molar-refractivity contribution in [2.75, 3.05) is 12.4 Å². The second-order valence-corrected chi connectivity index (χ2v) is 7.27. The molecule has 1 aromatic heterocycles. The van der Waals surface area contributed by atoms with Crippen LogP contribution in [0.1, 0.15) is 11.3 Å². The minimum atomic E-state index is -4.62. The minimum Gasteiger partial charge on any atom is -0.388 e. The molecular formula is C24H17F6N3. The van der Waals surface area contributed by atoms with Crippen LogP contribution in [0.4, 0.5) is 32.0 Å². The SMILES string of the molecule is CNc1ccc(-n2nc(C(F)(F)F)cc2-c2ccc(-c3ccc(C(F)(F)F)cc3)cc2)cc1. The highest BCUT2D eigenvalue weighted by Gasteiger charge is 2.35. The smallest absolute Gasteiger partial charge is 0.388 e. The van der Waals surface area contributed by atoms with Gasteiger partial charge >= 0.3 is 12.4 Å². The van der Waals surface area contributed by atoms with Crippen molar-refractivity contribution in [1.29, 1.82) is 0 Å². The van der Waals surface area contributed by atoms with Crippen LogP contribution in [-0.4, -0.2) is 16.8 Å². The van der Waals surface area contributed by atoms with E-state index in [1.54, 1.807) is 55.6 Å². The van der Waals surface area contributed by atoms with Crippen LogP contribution in [0.5, 0.6) is 0 Å². The third-order valence-electron chi connectivity index (χ3n) is 5.13. The summed E-state index contributed by atoms with van der Waals surface area (Å²) in [5, 5.41) is 6.70. The maximum atomic E-state index is 13.4. The molecule has 4 aromatic rings. The van der Waals surface area contributed by atoms with Crippen molar-refractivity contribution in [1.82, 2.24) is 9.78 Å². The molecule has 9 heteroatoms. The second-order valence-electron chi connectivity index (χ2n) is 7.27. The zero-order chi connectivity index (χ0) is 23.8. The van der Waals surface area contributed by atoms with Crippen LogP contribution >= 0.6 is 0 Å². The Morgan fingerprint density at radius 1 is 0.667 bits per heavy atom. The zero-order valence-corrected chi connectivity index (χ0v) is 17.2. The Bertz CT molecular complexity index is 1240. The number of rotatable bonds is 4. The Hall–Kier alpha value is -3.75. The van der Waals surface area contributed by atoms with Gasteiger partial charge in [-0.25, -0.2) is 4.68 Å². The molecule has 0 unspecified atom stereocenters. The zero-order valence-electron chi connectivity index (χ0n) is 17.2. The van der Waals surface area contributed by atoms with Gasteiger partial charge in [-0.2, -0.15) is 31.4 Å². The van der Waals surface area contributed by atoms with E-state index in [1.165, 1.54) is 16.8 Å². The highest BCUT2D eigenvalue weighted by Crippen LogP contribution is 2.35. The van der Waals surface area contributed by atoms with Crippen LogP contribution in [0, 0.1) is 0 Å². The van der Waals surface area contributed by atoms with Gasteiger partial charge < -0.3 is 5.32 Å². The van der Waals surface area contributed by atoms with Crippen LogP contribution < -0.4 is 5.32 Å². The Balaban J connectivity index is 1.71. The molecule has 0 aliphatic rings. The van der Waals surface area contributed by atoms with Gasteiger partial charge in [-0.1, -0.05) is 36.4 Å². The van der Waals surface area contributed by atoms with Crippen molar-refractivity contribution in [3.05, 3.63) is 90.1 Å². The summed E-state index contributed by atoms with van der Waals surface area (Å²) in [6.07, 6.45) is -9.05. The van der Waals surface area contributed by atoms with E-state index in [4.69, 9.17) is 0 Å². The summed E-state index contributed by atoms with van der Waals surface area (Å²) >= 11 is 0. The van der Waals surface area contributed by atoms with Gasteiger partial charge in [0.2, 0.25) is 0 Å². The first-order valence-corrected chi connectivity index (χ1v) is 9.80. The predicted molar refractivity (Wildman–Crippen MR) is 114 cm³/mol. The number of hydrogen-bond acceptors (Lipinski definition) is 2. The maximum Gasteiger partial charge on any atom is 0.435 e. The predicted octanol–water partition coefficient (Wildman–Crippen LogP) is 7.29. The van der Waals surface area contributed by atoms with E-state index in [0.29, 0.717) is 22.4 Å². The normalized spacial score (nSPS) is 12.1. The third kappa shape index (κ3) is 4.72. The molecule has 4 rings (SSSR count). The average Bonchev–Trinajstić information content (AvgIpc) is 3.25. The first kappa shape index (κ1) is 22.4. The molecule has 0 saturated heterocycles. The van der Waals surface area contributed by atoms with E-state index in [0.717, 1.165) is 23.9 Å². The lowest BCUT2D eigenvalue weighted by Gasteiger charge is -2.10. The summed E-state index contributed by atoms with van der Waals surface area (Å²) in [4.78, 5) is 0. The molecule has 0 aliphatic carbocycles. The molecule has 0 atom stereocenters. The number of benzene rings is 3. The first-order valence-electron chi connectivity index (χ1n) is 9.80. The highest BCUT2D eigenvalue weighted by molar-refractivity contribution is 5.70. The number of nitrogens with zero attached hydrogens (tertiary/aromatic N) is 2. The van der Waals surface area contributed by atoms with Gasteiger partial charge in [-0.15, -0.1) is 0 Å². The van der Waals surface area contributed by atoms with Gasteiger partial charge in [0.25, 0.3) is 0 Å². The quantitative estimate of drug-likeness (QED) is 0.324. The number of halogens is 6. The number of aromatic nitrogens is 2. The van der Waals surface area contributed by atoms with Crippen LogP contribution in [0.15, 0.2) is 78.9 Å². The lowest BCUT2D eigenvalue weighted by Crippen LogP contribution is -2.07. The molecule has 0 saturated carbocycles. The summed E-state index contributed by atoms with van der Waals surface area (Å²) < 4.78 is 79.7. The number of nitrogens with one attached hydrogen (secondary N) is 1. The number of alkyl halides is 6. The van der Waals surface area contributed by atoms with E-state index in [1.807, 2.05) is 0 Å². The van der Waals surface area contributed by atoms with Gasteiger partial charge in [0.1, 0.15) is 0 Å². The van der Waals surface area contributed by atoms with Crippen molar-refractivity contribution < 1.29 is 26.3 Å². The van der Waals surface area contributed by atoms with Crippen LogP contribution in [-0.2, 0) is 12.4 Å². The molecule has 33 heavy (non-hydrogen) atoms. The second kappa shape index (κ2) is 8.31. The first-order chi connectivity index (χ1) is 15.6. The van der Waals surface area contributed by atoms with E-state index in [2.05, 4.69) is 10.4 Å². The van der Waals surface area contributed by atoms with Crippen molar-refractivity contribution in [2.24, 2.45) is 0 Å². The lowest BCUT2D eigenvalue weighted by molar-refractivity contribution is -0.141. The molecule has 0 fully saturated rings. The third-order valence-corrected chi connectivity index (χ3v) is 5.13. The fraction of sp³-hybridized carbons (Fsp3) is 0.125. The van der Waals surface area contributed by atoms with E-state index >= 15 is 0 Å². The fourth-order valence-electron chi connectivity index (χ4n) is 3.38. The van der Waals surface area contributed by atoms with Gasteiger partial charge in [0.05, 0.1) is 16.9 Å². The summed E-state index contributed by atoms with van der Waals surface area (Å²) in [6, 6.07) is 18.9. The molecule has 0 aliphatic heterocycles. The van der Waals surface area contributed by atoms with Crippen molar-refractivity contribution in [3.63, 3.8) is 0 Å². The Morgan fingerprint density at radius 3 is 1.67 bits per heavy atom. The van der Waals surface area contributed by atoms with Gasteiger partial charge in [0, 0.05) is 18.3 Å². The fourth-order valence-corrected chi connectivity index (χ4v) is 3.38. The lowest BCUT2D eigenvalue weighted by atomic mass is 10.0. The van der Waals surface area contributed by atoms with Crippen LogP contribution in [0.3, 0.4) is 0 Å². The number of anilines is 1. The molecule has 1 heterocycles. The van der Waals surface area contributed by atoms with Crippen LogP contribution in [0.25, 0.3) is 28.1 Å². The monoisotopic (exact) mass is 461 g/mol. The standard InChI is InChI=1S/C24H17F6N3/c1-31-19-10-12-20(13-11-19)33-21(14-22(32-33)24(28,29)30)17-4-2-15(3-5-17)16-6-8-18(9-7-16)23(25,26)27/h2-14,31H,1H3. The van der Waals surface area contributed by atoms with Crippen molar-refractivity contribution >= 4 is 5.69 Å². The summed E-state index contributed by atoms with van der Waals surface area (Å²) in [7, 11) is 1.73. The highest BCUT2D eigenvalue weighted by atomic mass is 19.4. The van der Waals surface area contributed by atoms with Crippen molar-refractivity contribution in [2.45, 2.75) is 12.4 Å². The minimum absolute atomic E-state index is 0.235. The van der Waals surface area contributed by atoms with E-state index in [9.17, 15) is 26.3 Å². The van der Waals surface area contributed by atoms with Gasteiger partial charge in [-0.3, -0.25) is 0 Å². The Morgan fingerprint density at radius 2 is 1.18 bits per heavy atom. The van der Waals surface area contributed by atoms with E-state index in [-0.39, 0.29) is 5.69 Å². The molecule has 0 radical (unpaired) electrons. The molecule has 3 aromatic carbocycles. The molecule has 0 amide bonds. The van der Waals surface area contributed by atoms with Gasteiger partial charge in [-0.05, 0) is 53.6 Å². The summed E-state index contributed by atoms with van der Waals surface area (Å²) in [5.41, 5.74) is 1.37. The van der Waals surface area contributed by atoms with E-state index < -0.39 is 23.6 Å². The molecule has 0 bridgehead atoms. The maximum absolute atomic E-state index is 13.4. The van der Waals surface area contributed by atoms with Gasteiger partial charge in [0.15, 0.2) is 5.69 Å². The van der Waals surface area contributed by atoms with Crippen molar-refractivity contribution in [3.8, 4) is 28.1 Å². The molecular weight excluding hydrogens is 444 g/mol. The summed E-state index contributed by atoms with van der Waals surface area (Å²) in [5.74, 6) is 0. The Labute approximate surface area is 185 Å². The molecule has 170 valence electrons. The topological polar surface area (TPSA) is 29.9 Å². The molecule has 3 nitrogen and oxygen atoms in total. The summed E-state index contributed by atoms with van der Waals surface area (Å²) in [6.45, 7) is 0. The largest absolute Gasteiger partial charge is 0.435 e. The number of hydrogen-bond donors (Lipinski definition) is 1. The molecule has 1 N–H and O–H groups in total. The van der Waals surface area contributed by atoms with Crippen LogP contribution in [0.2, 0.25) is 0 Å². The average molecular weight is 461 g/mol. The Kier molecular flexibility index (Phi) is 5.65.